The molecule has 20 heavy (non-hydrogen) atoms. The first-order valence-electron chi connectivity index (χ1n) is 8.55. The summed E-state index contributed by atoms with van der Waals surface area (Å²) in [6.07, 6.45) is 7.83. The van der Waals surface area contributed by atoms with Gasteiger partial charge in [-0.3, -0.25) is 4.79 Å². The van der Waals surface area contributed by atoms with E-state index in [-0.39, 0.29) is 5.41 Å². The molecule has 0 spiro atoms. The molecule has 0 saturated carbocycles. The van der Waals surface area contributed by atoms with Crippen LogP contribution in [0.4, 0.5) is 0 Å². The second-order valence-electron chi connectivity index (χ2n) is 7.24. The molecule has 3 nitrogen and oxygen atoms in total. The third kappa shape index (κ3) is 3.19. The van der Waals surface area contributed by atoms with Crippen molar-refractivity contribution in [2.75, 3.05) is 26.2 Å². The minimum absolute atomic E-state index is 0.0556. The van der Waals surface area contributed by atoms with Crippen molar-refractivity contribution in [1.29, 1.82) is 0 Å². The lowest BCUT2D eigenvalue weighted by molar-refractivity contribution is -0.146. The summed E-state index contributed by atoms with van der Waals surface area (Å²) >= 11 is 0. The van der Waals surface area contributed by atoms with Crippen LogP contribution in [0.2, 0.25) is 0 Å². The molecule has 0 atom stereocenters. The van der Waals surface area contributed by atoms with Crippen LogP contribution in [0.5, 0.6) is 0 Å². The Balaban J connectivity index is 2.02. The van der Waals surface area contributed by atoms with Gasteiger partial charge < -0.3 is 10.2 Å². The van der Waals surface area contributed by atoms with Gasteiger partial charge in [0.05, 0.1) is 5.41 Å². The summed E-state index contributed by atoms with van der Waals surface area (Å²) in [5.74, 6) is 0.457. The van der Waals surface area contributed by atoms with E-state index in [0.29, 0.717) is 11.3 Å². The lowest BCUT2D eigenvalue weighted by Crippen LogP contribution is -2.52. The number of carbonyl (C=O) groups excluding carboxylic acids is 1. The van der Waals surface area contributed by atoms with E-state index >= 15 is 0 Å². The maximum absolute atomic E-state index is 13.1. The van der Waals surface area contributed by atoms with Crippen LogP contribution in [0.25, 0.3) is 0 Å². The highest BCUT2D eigenvalue weighted by Crippen LogP contribution is 2.39. The Hall–Kier alpha value is -0.570. The van der Waals surface area contributed by atoms with Crippen molar-refractivity contribution in [2.45, 2.75) is 65.7 Å². The predicted molar refractivity (Wildman–Crippen MR) is 83.7 cm³/mol. The normalized spacial score (nSPS) is 25.4. The van der Waals surface area contributed by atoms with Gasteiger partial charge in [0.2, 0.25) is 5.91 Å². The van der Waals surface area contributed by atoms with Crippen LogP contribution >= 0.6 is 0 Å². The van der Waals surface area contributed by atoms with Crippen molar-refractivity contribution in [3.05, 3.63) is 0 Å². The van der Waals surface area contributed by atoms with Gasteiger partial charge in [0.15, 0.2) is 0 Å². The van der Waals surface area contributed by atoms with E-state index in [2.05, 4.69) is 31.0 Å². The zero-order chi connectivity index (χ0) is 14.6. The van der Waals surface area contributed by atoms with Gasteiger partial charge in [-0.05, 0) is 50.6 Å². The minimum atomic E-state index is -0.0556. The van der Waals surface area contributed by atoms with E-state index < -0.39 is 0 Å². The standard InChI is InChI=1S/C17H32N2O/c1-4-6-17(7-11-18-12-8-17)15(20)19-13-9-16(3,5-2)10-14-19/h18H,4-14H2,1-3H3. The van der Waals surface area contributed by atoms with Gasteiger partial charge in [0.25, 0.3) is 0 Å². The first kappa shape index (κ1) is 15.8. The van der Waals surface area contributed by atoms with E-state index in [1.807, 2.05) is 0 Å². The number of piperidine rings is 2. The second kappa shape index (κ2) is 6.46. The molecule has 2 aliphatic heterocycles. The van der Waals surface area contributed by atoms with Gasteiger partial charge in [0.1, 0.15) is 0 Å². The SMILES string of the molecule is CCCC1(C(=O)N2CCC(C)(CC)CC2)CCNCC1. The van der Waals surface area contributed by atoms with Crippen molar-refractivity contribution in [3.63, 3.8) is 0 Å². The highest BCUT2D eigenvalue weighted by Gasteiger charge is 2.42. The van der Waals surface area contributed by atoms with Gasteiger partial charge in [-0.25, -0.2) is 0 Å². The molecule has 2 heterocycles. The third-order valence-electron chi connectivity index (χ3n) is 5.85. The van der Waals surface area contributed by atoms with Crippen molar-refractivity contribution in [1.82, 2.24) is 10.2 Å². The summed E-state index contributed by atoms with van der Waals surface area (Å²) in [5.41, 5.74) is 0.406. The van der Waals surface area contributed by atoms with Crippen molar-refractivity contribution in [3.8, 4) is 0 Å². The van der Waals surface area contributed by atoms with E-state index in [1.54, 1.807) is 0 Å². The Morgan fingerprint density at radius 2 is 1.70 bits per heavy atom. The predicted octanol–water partition coefficient (Wildman–Crippen LogP) is 3.20. The maximum Gasteiger partial charge on any atom is 0.228 e. The van der Waals surface area contributed by atoms with E-state index in [1.165, 1.54) is 19.3 Å². The summed E-state index contributed by atoms with van der Waals surface area (Å²) in [4.78, 5) is 15.2. The van der Waals surface area contributed by atoms with E-state index in [9.17, 15) is 4.79 Å². The molecule has 1 amide bonds. The largest absolute Gasteiger partial charge is 0.342 e. The Morgan fingerprint density at radius 1 is 1.10 bits per heavy atom. The number of amides is 1. The molecule has 2 saturated heterocycles. The van der Waals surface area contributed by atoms with Gasteiger partial charge in [-0.15, -0.1) is 0 Å². The molecule has 0 aromatic heterocycles. The number of hydrogen-bond donors (Lipinski definition) is 1. The Labute approximate surface area is 124 Å². The van der Waals surface area contributed by atoms with Gasteiger partial charge in [-0.1, -0.05) is 33.6 Å². The van der Waals surface area contributed by atoms with Crippen LogP contribution in [0.1, 0.15) is 65.7 Å². The van der Waals surface area contributed by atoms with E-state index in [0.717, 1.165) is 51.9 Å². The minimum Gasteiger partial charge on any atom is -0.342 e. The van der Waals surface area contributed by atoms with Crippen LogP contribution in [0.15, 0.2) is 0 Å². The molecule has 0 bridgehead atoms. The second-order valence-corrected chi connectivity index (χ2v) is 7.24. The highest BCUT2D eigenvalue weighted by atomic mass is 16.2. The van der Waals surface area contributed by atoms with Crippen LogP contribution in [-0.4, -0.2) is 37.0 Å². The summed E-state index contributed by atoms with van der Waals surface area (Å²) in [6, 6.07) is 0. The molecule has 0 aliphatic carbocycles. The first-order valence-corrected chi connectivity index (χ1v) is 8.55. The fourth-order valence-electron chi connectivity index (χ4n) is 3.89. The molecule has 0 aromatic carbocycles. The zero-order valence-corrected chi connectivity index (χ0v) is 13.6. The highest BCUT2D eigenvalue weighted by molar-refractivity contribution is 5.83. The number of rotatable bonds is 4. The molecule has 0 aromatic rings. The van der Waals surface area contributed by atoms with Crippen LogP contribution in [0, 0.1) is 10.8 Å². The van der Waals surface area contributed by atoms with E-state index in [4.69, 9.17) is 0 Å². The van der Waals surface area contributed by atoms with Gasteiger partial charge >= 0.3 is 0 Å². The van der Waals surface area contributed by atoms with Gasteiger partial charge in [0, 0.05) is 13.1 Å². The van der Waals surface area contributed by atoms with Crippen molar-refractivity contribution in [2.24, 2.45) is 10.8 Å². The maximum atomic E-state index is 13.1. The topological polar surface area (TPSA) is 32.3 Å². The van der Waals surface area contributed by atoms with Crippen LogP contribution in [-0.2, 0) is 4.79 Å². The Bertz CT molecular complexity index is 320. The Morgan fingerprint density at radius 3 is 2.20 bits per heavy atom. The molecule has 0 unspecified atom stereocenters. The van der Waals surface area contributed by atoms with Gasteiger partial charge in [-0.2, -0.15) is 0 Å². The molecule has 2 fully saturated rings. The number of carbonyl (C=O) groups is 1. The molecule has 3 heteroatoms. The number of nitrogens with zero attached hydrogens (tertiary/aromatic N) is 1. The quantitative estimate of drug-likeness (QED) is 0.857. The summed E-state index contributed by atoms with van der Waals surface area (Å²) in [7, 11) is 0. The molecular weight excluding hydrogens is 248 g/mol. The summed E-state index contributed by atoms with van der Waals surface area (Å²) < 4.78 is 0. The zero-order valence-electron chi connectivity index (χ0n) is 13.6. The molecule has 1 N–H and O–H groups in total. The smallest absolute Gasteiger partial charge is 0.228 e. The molecule has 2 aliphatic rings. The lowest BCUT2D eigenvalue weighted by atomic mass is 9.72. The molecule has 2 rings (SSSR count). The number of likely N-dealkylation sites (tertiary alicyclic amines) is 1. The average molecular weight is 280 g/mol. The van der Waals surface area contributed by atoms with Crippen LogP contribution < -0.4 is 5.32 Å². The Kier molecular flexibility index (Phi) is 5.11. The number of hydrogen-bond acceptors (Lipinski definition) is 2. The molecule has 116 valence electrons. The van der Waals surface area contributed by atoms with Crippen molar-refractivity contribution < 1.29 is 4.79 Å². The summed E-state index contributed by atoms with van der Waals surface area (Å²) in [5, 5.41) is 3.41. The van der Waals surface area contributed by atoms with Crippen LogP contribution in [0.3, 0.4) is 0 Å². The lowest BCUT2D eigenvalue weighted by Gasteiger charge is -2.45. The third-order valence-corrected chi connectivity index (χ3v) is 5.85. The fourth-order valence-corrected chi connectivity index (χ4v) is 3.89. The average Bonchev–Trinajstić information content (AvgIpc) is 2.49. The summed E-state index contributed by atoms with van der Waals surface area (Å²) in [6.45, 7) is 10.8. The fraction of sp³-hybridized carbons (Fsp3) is 0.941. The number of nitrogens with one attached hydrogen (secondary N) is 1. The molecular formula is C17H32N2O. The monoisotopic (exact) mass is 280 g/mol. The first-order chi connectivity index (χ1) is 9.55. The molecule has 0 radical (unpaired) electrons. The van der Waals surface area contributed by atoms with Crippen molar-refractivity contribution >= 4 is 5.91 Å².